The Kier molecular flexibility index (Phi) is 9.51. The number of piperidine rings is 1. The monoisotopic (exact) mass is 424 g/mol. The van der Waals surface area contributed by atoms with Crippen LogP contribution in [0, 0.1) is 0 Å². The Balaban J connectivity index is 0.00000338. The van der Waals surface area contributed by atoms with Crippen molar-refractivity contribution >= 4 is 45.6 Å². The van der Waals surface area contributed by atoms with Gasteiger partial charge in [0.25, 0.3) is 10.0 Å². The van der Waals surface area contributed by atoms with Crippen molar-refractivity contribution in [2.24, 2.45) is 5.73 Å². The van der Waals surface area contributed by atoms with Gasteiger partial charge in [0.15, 0.2) is 0 Å². The molecule has 0 aromatic carbocycles. The molecule has 1 saturated heterocycles. The van der Waals surface area contributed by atoms with Gasteiger partial charge in [0.05, 0.1) is 13.1 Å². The zero-order chi connectivity index (χ0) is 18.3. The second-order valence-corrected chi connectivity index (χ2v) is 9.10. The SMILES string of the molecule is Cl.NCC(=O)NCC(=O)NCCc1ccc(S(=O)(=O)N2CCCCC2)s1. The minimum atomic E-state index is -3.40. The van der Waals surface area contributed by atoms with E-state index < -0.39 is 10.0 Å². The Morgan fingerprint density at radius 2 is 1.81 bits per heavy atom. The van der Waals surface area contributed by atoms with Crippen LogP contribution in [0.3, 0.4) is 0 Å². The van der Waals surface area contributed by atoms with Gasteiger partial charge >= 0.3 is 0 Å². The van der Waals surface area contributed by atoms with E-state index in [1.807, 2.05) is 0 Å². The normalized spacial score (nSPS) is 15.1. The summed E-state index contributed by atoms with van der Waals surface area (Å²) in [5.74, 6) is -0.694. The molecule has 0 unspecified atom stereocenters. The predicted octanol–water partition coefficient (Wildman–Crippen LogP) is 0.0781. The summed E-state index contributed by atoms with van der Waals surface area (Å²) in [6.45, 7) is 1.27. The number of rotatable bonds is 8. The average molecular weight is 425 g/mol. The summed E-state index contributed by atoms with van der Waals surface area (Å²) in [5, 5.41) is 5.06. The number of hydrogen-bond acceptors (Lipinski definition) is 6. The van der Waals surface area contributed by atoms with Gasteiger partial charge in [-0.2, -0.15) is 4.31 Å². The van der Waals surface area contributed by atoms with Crippen LogP contribution in [-0.2, 0) is 26.0 Å². The lowest BCUT2D eigenvalue weighted by atomic mass is 10.2. The molecule has 0 saturated carbocycles. The first-order valence-corrected chi connectivity index (χ1v) is 10.5. The summed E-state index contributed by atoms with van der Waals surface area (Å²) in [4.78, 5) is 23.4. The van der Waals surface area contributed by atoms with Crippen LogP contribution < -0.4 is 16.4 Å². The summed E-state index contributed by atoms with van der Waals surface area (Å²) < 4.78 is 27.1. The van der Waals surface area contributed by atoms with Crippen LogP contribution in [0.5, 0.6) is 0 Å². The number of sulfonamides is 1. The van der Waals surface area contributed by atoms with Crippen LogP contribution >= 0.6 is 23.7 Å². The van der Waals surface area contributed by atoms with Gasteiger partial charge in [0, 0.05) is 24.5 Å². The summed E-state index contributed by atoms with van der Waals surface area (Å²) in [5.41, 5.74) is 5.13. The molecule has 0 radical (unpaired) electrons. The summed E-state index contributed by atoms with van der Waals surface area (Å²) in [6.07, 6.45) is 3.43. The molecule has 0 bridgehead atoms. The van der Waals surface area contributed by atoms with Gasteiger partial charge in [-0.05, 0) is 31.4 Å². The van der Waals surface area contributed by atoms with Gasteiger partial charge in [-0.15, -0.1) is 23.7 Å². The van der Waals surface area contributed by atoms with Crippen molar-refractivity contribution in [3.63, 3.8) is 0 Å². The highest BCUT2D eigenvalue weighted by atomic mass is 35.5. The maximum atomic E-state index is 12.6. The molecule has 1 aromatic heterocycles. The highest BCUT2D eigenvalue weighted by molar-refractivity contribution is 7.91. The lowest BCUT2D eigenvalue weighted by Gasteiger charge is -2.25. The van der Waals surface area contributed by atoms with E-state index in [4.69, 9.17) is 5.73 Å². The Labute approximate surface area is 164 Å². The Morgan fingerprint density at radius 3 is 2.46 bits per heavy atom. The van der Waals surface area contributed by atoms with Crippen molar-refractivity contribution < 1.29 is 18.0 Å². The van der Waals surface area contributed by atoms with Gasteiger partial charge in [-0.3, -0.25) is 9.59 Å². The molecular weight excluding hydrogens is 400 g/mol. The van der Waals surface area contributed by atoms with Crippen molar-refractivity contribution in [3.05, 3.63) is 17.0 Å². The van der Waals surface area contributed by atoms with Crippen molar-refractivity contribution in [2.45, 2.75) is 29.9 Å². The fourth-order valence-corrected chi connectivity index (χ4v) is 5.53. The van der Waals surface area contributed by atoms with E-state index in [1.54, 1.807) is 16.4 Å². The second-order valence-electron chi connectivity index (χ2n) is 5.77. The van der Waals surface area contributed by atoms with Gasteiger partial charge in [0.2, 0.25) is 11.8 Å². The first kappa shape index (κ1) is 22.8. The first-order chi connectivity index (χ1) is 11.9. The fraction of sp³-hybridized carbons (Fsp3) is 0.600. The van der Waals surface area contributed by atoms with Gasteiger partial charge in [-0.1, -0.05) is 6.42 Å². The maximum Gasteiger partial charge on any atom is 0.252 e. The summed E-state index contributed by atoms with van der Waals surface area (Å²) in [7, 11) is -3.40. The molecule has 8 nitrogen and oxygen atoms in total. The molecule has 1 aliphatic heterocycles. The number of amides is 2. The third-order valence-electron chi connectivity index (χ3n) is 3.87. The van der Waals surface area contributed by atoms with Crippen LogP contribution in [0.25, 0.3) is 0 Å². The zero-order valence-corrected chi connectivity index (χ0v) is 16.9. The number of nitrogens with two attached hydrogens (primary N) is 1. The van der Waals surface area contributed by atoms with Crippen LogP contribution in [0.1, 0.15) is 24.1 Å². The average Bonchev–Trinajstić information content (AvgIpc) is 3.10. The third kappa shape index (κ3) is 6.51. The molecule has 2 rings (SSSR count). The molecule has 11 heteroatoms. The quantitative estimate of drug-likeness (QED) is 0.545. The first-order valence-electron chi connectivity index (χ1n) is 8.26. The molecule has 0 spiro atoms. The van der Waals surface area contributed by atoms with E-state index in [0.29, 0.717) is 30.3 Å². The number of hydrogen-bond donors (Lipinski definition) is 3. The highest BCUT2D eigenvalue weighted by Gasteiger charge is 2.27. The fourth-order valence-electron chi connectivity index (χ4n) is 2.50. The Hall–Kier alpha value is -1.20. The largest absolute Gasteiger partial charge is 0.354 e. The molecule has 2 heterocycles. The van der Waals surface area contributed by atoms with E-state index >= 15 is 0 Å². The minimum Gasteiger partial charge on any atom is -0.354 e. The van der Waals surface area contributed by atoms with Crippen molar-refractivity contribution in [3.8, 4) is 0 Å². The molecular formula is C15H25ClN4O4S2. The number of thiophene rings is 1. The van der Waals surface area contributed by atoms with Crippen molar-refractivity contribution in [1.29, 1.82) is 0 Å². The molecule has 1 aliphatic rings. The predicted molar refractivity (Wildman–Crippen MR) is 103 cm³/mol. The molecule has 0 aliphatic carbocycles. The minimum absolute atomic E-state index is 0. The summed E-state index contributed by atoms with van der Waals surface area (Å²) >= 11 is 1.24. The van der Waals surface area contributed by atoms with E-state index in [9.17, 15) is 18.0 Å². The number of halogens is 1. The number of carbonyl (C=O) groups excluding carboxylic acids is 2. The van der Waals surface area contributed by atoms with E-state index in [0.717, 1.165) is 24.1 Å². The van der Waals surface area contributed by atoms with E-state index in [-0.39, 0.29) is 37.3 Å². The summed E-state index contributed by atoms with van der Waals surface area (Å²) in [6, 6.07) is 3.41. The van der Waals surface area contributed by atoms with E-state index in [2.05, 4.69) is 10.6 Å². The molecule has 4 N–H and O–H groups in total. The van der Waals surface area contributed by atoms with Crippen LogP contribution in [-0.4, -0.2) is 57.3 Å². The van der Waals surface area contributed by atoms with Crippen molar-refractivity contribution in [2.75, 3.05) is 32.7 Å². The topological polar surface area (TPSA) is 122 Å². The Morgan fingerprint density at radius 1 is 1.12 bits per heavy atom. The van der Waals surface area contributed by atoms with Crippen molar-refractivity contribution in [1.82, 2.24) is 14.9 Å². The second kappa shape index (κ2) is 10.8. The van der Waals surface area contributed by atoms with Crippen LogP contribution in [0.4, 0.5) is 0 Å². The molecule has 1 fully saturated rings. The van der Waals surface area contributed by atoms with Crippen LogP contribution in [0.15, 0.2) is 16.3 Å². The Bertz CT molecular complexity index is 702. The maximum absolute atomic E-state index is 12.6. The highest BCUT2D eigenvalue weighted by Crippen LogP contribution is 2.27. The van der Waals surface area contributed by atoms with Gasteiger partial charge in [-0.25, -0.2) is 8.42 Å². The molecule has 148 valence electrons. The molecule has 26 heavy (non-hydrogen) atoms. The number of carbonyl (C=O) groups is 2. The standard InChI is InChI=1S/C15H24N4O4S2.ClH/c16-10-13(20)18-11-14(21)17-7-6-12-4-5-15(24-12)25(22,23)19-8-2-1-3-9-19;/h4-5H,1-3,6-11,16H2,(H,17,21)(H,18,20);1H. The zero-order valence-electron chi connectivity index (χ0n) is 14.4. The third-order valence-corrected chi connectivity index (χ3v) is 7.38. The van der Waals surface area contributed by atoms with Crippen LogP contribution in [0.2, 0.25) is 0 Å². The van der Waals surface area contributed by atoms with Gasteiger partial charge < -0.3 is 16.4 Å². The number of nitrogens with zero attached hydrogens (tertiary/aromatic N) is 1. The lowest BCUT2D eigenvalue weighted by molar-refractivity contribution is -0.125. The molecule has 2 amide bonds. The van der Waals surface area contributed by atoms with E-state index in [1.165, 1.54) is 11.3 Å². The molecule has 1 aromatic rings. The lowest BCUT2D eigenvalue weighted by Crippen LogP contribution is -2.39. The number of nitrogens with one attached hydrogen (secondary N) is 2. The smallest absolute Gasteiger partial charge is 0.252 e. The molecule has 0 atom stereocenters. The van der Waals surface area contributed by atoms with Gasteiger partial charge in [0.1, 0.15) is 4.21 Å².